The topological polar surface area (TPSA) is 83.7 Å². The Hall–Kier alpha value is -1.22. The first kappa shape index (κ1) is 19.8. The third kappa shape index (κ3) is 6.06. The number of halogens is 1. The van der Waals surface area contributed by atoms with Crippen molar-refractivity contribution in [2.45, 2.75) is 26.0 Å². The van der Waals surface area contributed by atoms with Crippen LogP contribution in [-0.4, -0.2) is 72.7 Å². The van der Waals surface area contributed by atoms with Crippen LogP contribution in [0, 0.1) is 0 Å². The molecule has 0 aliphatic carbocycles. The molecule has 8 nitrogen and oxygen atoms in total. The van der Waals surface area contributed by atoms with Crippen molar-refractivity contribution in [3.63, 3.8) is 0 Å². The van der Waals surface area contributed by atoms with Crippen molar-refractivity contribution in [3.05, 3.63) is 11.7 Å². The zero-order valence-corrected chi connectivity index (χ0v) is 14.8. The average molecular weight is 348 g/mol. The second-order valence-electron chi connectivity index (χ2n) is 5.54. The third-order valence-electron chi connectivity index (χ3n) is 3.78. The minimum atomic E-state index is -0.183. The fourth-order valence-corrected chi connectivity index (χ4v) is 2.27. The van der Waals surface area contributed by atoms with Gasteiger partial charge in [-0.05, 0) is 14.0 Å². The maximum atomic E-state index is 12.1. The standard InChI is InChI=1S/C14H25N5O3.ClH/c1-11(21-3)14-16-12(22-17-14)10-18(2)7-4-13(20)19-8-5-15-6-9-19;/h11,15H,4-10H2,1-3H3;1H. The SMILES string of the molecule is COC(C)c1noc(CN(C)CCC(=O)N2CCNCC2)n1.Cl. The molecule has 1 saturated heterocycles. The van der Waals surface area contributed by atoms with Crippen molar-refractivity contribution in [1.29, 1.82) is 0 Å². The number of nitrogens with zero attached hydrogens (tertiary/aromatic N) is 4. The van der Waals surface area contributed by atoms with Crippen LogP contribution in [0.5, 0.6) is 0 Å². The highest BCUT2D eigenvalue weighted by molar-refractivity contribution is 5.85. The van der Waals surface area contributed by atoms with E-state index in [4.69, 9.17) is 9.26 Å². The highest BCUT2D eigenvalue weighted by Gasteiger charge is 2.18. The van der Waals surface area contributed by atoms with Crippen LogP contribution in [0.3, 0.4) is 0 Å². The monoisotopic (exact) mass is 347 g/mol. The van der Waals surface area contributed by atoms with Crippen LogP contribution in [0.1, 0.15) is 31.2 Å². The molecule has 1 aliphatic rings. The maximum absolute atomic E-state index is 12.1. The van der Waals surface area contributed by atoms with Crippen molar-refractivity contribution >= 4 is 18.3 Å². The predicted molar refractivity (Wildman–Crippen MR) is 87.4 cm³/mol. The largest absolute Gasteiger partial charge is 0.374 e. The second-order valence-corrected chi connectivity index (χ2v) is 5.54. The molecule has 9 heteroatoms. The van der Waals surface area contributed by atoms with Gasteiger partial charge >= 0.3 is 0 Å². The molecule has 1 amide bonds. The molecular formula is C14H26ClN5O3. The van der Waals surface area contributed by atoms with Gasteiger partial charge in [0.1, 0.15) is 6.10 Å². The van der Waals surface area contributed by atoms with Gasteiger partial charge in [0.05, 0.1) is 6.54 Å². The molecule has 1 fully saturated rings. The second kappa shape index (κ2) is 9.82. The van der Waals surface area contributed by atoms with Crippen molar-refractivity contribution in [2.75, 3.05) is 46.9 Å². The Morgan fingerprint density at radius 1 is 1.48 bits per heavy atom. The number of carbonyl (C=O) groups is 1. The summed E-state index contributed by atoms with van der Waals surface area (Å²) in [4.78, 5) is 20.3. The summed E-state index contributed by atoms with van der Waals surface area (Å²) in [6.45, 7) is 6.41. The zero-order chi connectivity index (χ0) is 15.9. The summed E-state index contributed by atoms with van der Waals surface area (Å²) in [5.74, 6) is 1.28. The molecule has 1 unspecified atom stereocenters. The molecule has 1 aromatic heterocycles. The van der Waals surface area contributed by atoms with E-state index in [-0.39, 0.29) is 24.4 Å². The van der Waals surface area contributed by atoms with Crippen molar-refractivity contribution in [2.24, 2.45) is 0 Å². The minimum Gasteiger partial charge on any atom is -0.374 e. The van der Waals surface area contributed by atoms with Gasteiger partial charge in [0.25, 0.3) is 0 Å². The van der Waals surface area contributed by atoms with Crippen LogP contribution in [0.4, 0.5) is 0 Å². The molecule has 2 heterocycles. The van der Waals surface area contributed by atoms with E-state index in [1.54, 1.807) is 7.11 Å². The Kier molecular flexibility index (Phi) is 8.46. The van der Waals surface area contributed by atoms with Crippen molar-refractivity contribution in [3.8, 4) is 0 Å². The van der Waals surface area contributed by atoms with E-state index >= 15 is 0 Å². The Morgan fingerprint density at radius 3 is 2.83 bits per heavy atom. The van der Waals surface area contributed by atoms with Gasteiger partial charge < -0.3 is 19.5 Å². The van der Waals surface area contributed by atoms with Crippen LogP contribution >= 0.6 is 12.4 Å². The molecule has 0 spiro atoms. The molecule has 0 saturated carbocycles. The normalized spacial score (nSPS) is 16.3. The quantitative estimate of drug-likeness (QED) is 0.766. The number of hydrogen-bond acceptors (Lipinski definition) is 7. The number of rotatable bonds is 7. The van der Waals surface area contributed by atoms with Gasteiger partial charge in [-0.1, -0.05) is 5.16 Å². The van der Waals surface area contributed by atoms with Crippen LogP contribution in [0.15, 0.2) is 4.52 Å². The van der Waals surface area contributed by atoms with Crippen LogP contribution < -0.4 is 5.32 Å². The number of hydrogen-bond donors (Lipinski definition) is 1. The molecule has 0 aromatic carbocycles. The maximum Gasteiger partial charge on any atom is 0.240 e. The lowest BCUT2D eigenvalue weighted by atomic mass is 10.3. The lowest BCUT2D eigenvalue weighted by molar-refractivity contribution is -0.132. The number of piperazine rings is 1. The Bertz CT molecular complexity index is 479. The molecule has 1 atom stereocenters. The fourth-order valence-electron chi connectivity index (χ4n) is 2.27. The molecule has 0 bridgehead atoms. The Morgan fingerprint density at radius 2 is 2.17 bits per heavy atom. The van der Waals surface area contributed by atoms with E-state index in [1.165, 1.54) is 0 Å². The molecule has 132 valence electrons. The highest BCUT2D eigenvalue weighted by Crippen LogP contribution is 2.12. The van der Waals surface area contributed by atoms with Crippen molar-refractivity contribution < 1.29 is 14.1 Å². The molecule has 1 N–H and O–H groups in total. The summed E-state index contributed by atoms with van der Waals surface area (Å²) >= 11 is 0. The Balaban J connectivity index is 0.00000264. The van der Waals surface area contributed by atoms with Gasteiger partial charge in [0, 0.05) is 46.3 Å². The minimum absolute atomic E-state index is 0. The number of carbonyl (C=O) groups excluding carboxylic acids is 1. The lowest BCUT2D eigenvalue weighted by Gasteiger charge is -2.28. The van der Waals surface area contributed by atoms with E-state index in [2.05, 4.69) is 15.5 Å². The first-order valence-corrected chi connectivity index (χ1v) is 7.62. The summed E-state index contributed by atoms with van der Waals surface area (Å²) in [6, 6.07) is 0. The van der Waals surface area contributed by atoms with E-state index in [0.717, 1.165) is 26.2 Å². The fraction of sp³-hybridized carbons (Fsp3) is 0.786. The predicted octanol–water partition coefficient (Wildman–Crippen LogP) is 0.453. The number of aromatic nitrogens is 2. The smallest absolute Gasteiger partial charge is 0.240 e. The van der Waals surface area contributed by atoms with Gasteiger partial charge in [-0.2, -0.15) is 4.98 Å². The van der Waals surface area contributed by atoms with Gasteiger partial charge in [-0.25, -0.2) is 0 Å². The summed E-state index contributed by atoms with van der Waals surface area (Å²) in [5.41, 5.74) is 0. The van der Waals surface area contributed by atoms with Crippen LogP contribution in [-0.2, 0) is 16.1 Å². The lowest BCUT2D eigenvalue weighted by Crippen LogP contribution is -2.47. The molecular weight excluding hydrogens is 322 g/mol. The number of methoxy groups -OCH3 is 1. The van der Waals surface area contributed by atoms with E-state index in [9.17, 15) is 4.79 Å². The van der Waals surface area contributed by atoms with Gasteiger partial charge in [-0.3, -0.25) is 9.69 Å². The summed E-state index contributed by atoms with van der Waals surface area (Å²) in [5, 5.41) is 7.13. The molecule has 23 heavy (non-hydrogen) atoms. The first-order valence-electron chi connectivity index (χ1n) is 7.62. The van der Waals surface area contributed by atoms with E-state index < -0.39 is 0 Å². The average Bonchev–Trinajstić information content (AvgIpc) is 3.01. The number of nitrogens with one attached hydrogen (secondary N) is 1. The summed E-state index contributed by atoms with van der Waals surface area (Å²) in [7, 11) is 3.54. The zero-order valence-electron chi connectivity index (χ0n) is 13.9. The molecule has 1 aromatic rings. The third-order valence-corrected chi connectivity index (χ3v) is 3.78. The van der Waals surface area contributed by atoms with E-state index in [0.29, 0.717) is 31.2 Å². The number of ether oxygens (including phenoxy) is 1. The van der Waals surface area contributed by atoms with Crippen LogP contribution in [0.25, 0.3) is 0 Å². The van der Waals surface area contributed by atoms with Gasteiger partial charge in [0.2, 0.25) is 11.8 Å². The molecule has 2 rings (SSSR count). The summed E-state index contributed by atoms with van der Waals surface area (Å²) < 4.78 is 10.3. The van der Waals surface area contributed by atoms with Crippen LogP contribution in [0.2, 0.25) is 0 Å². The molecule has 1 aliphatic heterocycles. The number of amides is 1. The Labute approximate surface area is 142 Å². The summed E-state index contributed by atoms with van der Waals surface area (Å²) in [6.07, 6.45) is 0.323. The van der Waals surface area contributed by atoms with E-state index in [1.807, 2.05) is 23.8 Å². The van der Waals surface area contributed by atoms with Crippen molar-refractivity contribution in [1.82, 2.24) is 25.3 Å². The van der Waals surface area contributed by atoms with Gasteiger partial charge in [-0.15, -0.1) is 12.4 Å². The first-order chi connectivity index (χ1) is 10.6. The highest BCUT2D eigenvalue weighted by atomic mass is 35.5. The van der Waals surface area contributed by atoms with Gasteiger partial charge in [0.15, 0.2) is 5.82 Å². The molecule has 0 radical (unpaired) electrons.